The SMILES string of the molecule is Cc1cc(C)cc(OC(C)C(=N)N)c1. The Morgan fingerprint density at radius 3 is 2.21 bits per heavy atom. The molecule has 0 saturated heterocycles. The second-order valence-electron chi connectivity index (χ2n) is 3.54. The summed E-state index contributed by atoms with van der Waals surface area (Å²) in [4.78, 5) is 0. The molecule has 14 heavy (non-hydrogen) atoms. The van der Waals surface area contributed by atoms with E-state index in [1.54, 1.807) is 6.92 Å². The number of rotatable bonds is 3. The van der Waals surface area contributed by atoms with Gasteiger partial charge in [0.15, 0.2) is 6.10 Å². The van der Waals surface area contributed by atoms with Crippen LogP contribution in [0.15, 0.2) is 18.2 Å². The van der Waals surface area contributed by atoms with Crippen molar-refractivity contribution < 1.29 is 4.74 Å². The maximum Gasteiger partial charge on any atom is 0.152 e. The summed E-state index contributed by atoms with van der Waals surface area (Å²) in [5.74, 6) is 0.814. The molecule has 0 aliphatic heterocycles. The summed E-state index contributed by atoms with van der Waals surface area (Å²) in [6.07, 6.45) is -0.365. The number of benzene rings is 1. The summed E-state index contributed by atoms with van der Waals surface area (Å²) in [5, 5.41) is 7.21. The first-order valence-corrected chi connectivity index (χ1v) is 4.58. The molecule has 0 spiro atoms. The zero-order valence-electron chi connectivity index (χ0n) is 8.79. The average molecular weight is 192 g/mol. The van der Waals surface area contributed by atoms with Crippen LogP contribution in [0.2, 0.25) is 0 Å². The fourth-order valence-electron chi connectivity index (χ4n) is 1.27. The molecule has 0 saturated carbocycles. The van der Waals surface area contributed by atoms with Crippen molar-refractivity contribution in [2.75, 3.05) is 0 Å². The molecule has 1 rings (SSSR count). The Morgan fingerprint density at radius 1 is 1.29 bits per heavy atom. The van der Waals surface area contributed by atoms with Crippen LogP contribution >= 0.6 is 0 Å². The molecule has 0 aromatic heterocycles. The number of amidine groups is 1. The van der Waals surface area contributed by atoms with E-state index in [1.165, 1.54) is 0 Å². The van der Waals surface area contributed by atoms with E-state index in [4.69, 9.17) is 15.9 Å². The molecular formula is C11H16N2O. The standard InChI is InChI=1S/C11H16N2O/c1-7-4-8(2)6-10(5-7)14-9(3)11(12)13/h4-6,9H,1-3H3,(H3,12,13). The van der Waals surface area contributed by atoms with Gasteiger partial charge in [0.05, 0.1) is 0 Å². The molecule has 0 fully saturated rings. The molecule has 3 N–H and O–H groups in total. The molecule has 1 aromatic carbocycles. The summed E-state index contributed by atoms with van der Waals surface area (Å²) >= 11 is 0. The fraction of sp³-hybridized carbons (Fsp3) is 0.364. The number of aryl methyl sites for hydroxylation is 2. The minimum absolute atomic E-state index is 0.0455. The van der Waals surface area contributed by atoms with E-state index >= 15 is 0 Å². The molecule has 0 heterocycles. The summed E-state index contributed by atoms with van der Waals surface area (Å²) in [6.45, 7) is 5.79. The zero-order chi connectivity index (χ0) is 10.7. The first-order valence-electron chi connectivity index (χ1n) is 4.58. The summed E-state index contributed by atoms with van der Waals surface area (Å²) in [5.41, 5.74) is 7.62. The molecule has 0 radical (unpaired) electrons. The van der Waals surface area contributed by atoms with Crippen molar-refractivity contribution in [1.29, 1.82) is 5.41 Å². The average Bonchev–Trinajstić information content (AvgIpc) is 2.01. The number of ether oxygens (including phenoxy) is 1. The molecule has 0 aliphatic carbocycles. The minimum Gasteiger partial charge on any atom is -0.483 e. The van der Waals surface area contributed by atoms with Gasteiger partial charge in [-0.05, 0) is 44.0 Å². The van der Waals surface area contributed by atoms with E-state index in [9.17, 15) is 0 Å². The van der Waals surface area contributed by atoms with E-state index < -0.39 is 0 Å². The third kappa shape index (κ3) is 2.76. The quantitative estimate of drug-likeness (QED) is 0.568. The molecule has 3 nitrogen and oxygen atoms in total. The van der Waals surface area contributed by atoms with Gasteiger partial charge in [-0.25, -0.2) is 0 Å². The monoisotopic (exact) mass is 192 g/mol. The molecule has 1 atom stereocenters. The van der Waals surface area contributed by atoms with Crippen molar-refractivity contribution in [2.45, 2.75) is 26.9 Å². The predicted octanol–water partition coefficient (Wildman–Crippen LogP) is 2.01. The lowest BCUT2D eigenvalue weighted by Crippen LogP contribution is -2.30. The van der Waals surface area contributed by atoms with Crippen molar-refractivity contribution in [3.63, 3.8) is 0 Å². The molecule has 0 amide bonds. The Labute approximate surface area is 84.4 Å². The summed E-state index contributed by atoms with van der Waals surface area (Å²) in [7, 11) is 0. The smallest absolute Gasteiger partial charge is 0.152 e. The topological polar surface area (TPSA) is 59.1 Å². The van der Waals surface area contributed by atoms with Gasteiger partial charge in [-0.2, -0.15) is 0 Å². The molecule has 0 bridgehead atoms. The van der Waals surface area contributed by atoms with Crippen LogP contribution < -0.4 is 10.5 Å². The fourth-order valence-corrected chi connectivity index (χ4v) is 1.27. The Morgan fingerprint density at radius 2 is 1.79 bits per heavy atom. The highest BCUT2D eigenvalue weighted by Gasteiger charge is 2.06. The van der Waals surface area contributed by atoms with Gasteiger partial charge >= 0.3 is 0 Å². The van der Waals surface area contributed by atoms with Gasteiger partial charge in [-0.3, -0.25) is 5.41 Å². The van der Waals surface area contributed by atoms with E-state index in [-0.39, 0.29) is 11.9 Å². The summed E-state index contributed by atoms with van der Waals surface area (Å²) < 4.78 is 5.49. The lowest BCUT2D eigenvalue weighted by molar-refractivity contribution is 0.284. The normalized spacial score (nSPS) is 12.2. The molecule has 1 aromatic rings. The minimum atomic E-state index is -0.365. The first kappa shape index (κ1) is 10.6. The molecule has 1 unspecified atom stereocenters. The van der Waals surface area contributed by atoms with Gasteiger partial charge in [0.25, 0.3) is 0 Å². The molecule has 76 valence electrons. The number of nitrogens with one attached hydrogen (secondary N) is 1. The van der Waals surface area contributed by atoms with E-state index in [0.717, 1.165) is 16.9 Å². The lowest BCUT2D eigenvalue weighted by Gasteiger charge is -2.13. The van der Waals surface area contributed by atoms with Crippen LogP contribution in [0.5, 0.6) is 5.75 Å². The number of hydrogen-bond donors (Lipinski definition) is 2. The van der Waals surface area contributed by atoms with Crippen LogP contribution in [0.25, 0.3) is 0 Å². The Hall–Kier alpha value is -1.51. The van der Waals surface area contributed by atoms with Gasteiger partial charge in [-0.15, -0.1) is 0 Å². The maximum absolute atomic E-state index is 7.21. The summed E-state index contributed by atoms with van der Waals surface area (Å²) in [6, 6.07) is 5.95. The third-order valence-electron chi connectivity index (χ3n) is 1.95. The third-order valence-corrected chi connectivity index (χ3v) is 1.95. The van der Waals surface area contributed by atoms with E-state index in [1.807, 2.05) is 26.0 Å². The molecule has 0 aliphatic rings. The van der Waals surface area contributed by atoms with Crippen molar-refractivity contribution >= 4 is 5.84 Å². The van der Waals surface area contributed by atoms with Crippen molar-refractivity contribution in [1.82, 2.24) is 0 Å². The van der Waals surface area contributed by atoms with Crippen molar-refractivity contribution in [2.24, 2.45) is 5.73 Å². The molecule has 3 heteroatoms. The highest BCUT2D eigenvalue weighted by molar-refractivity contribution is 5.81. The Balaban J connectivity index is 2.81. The second-order valence-corrected chi connectivity index (χ2v) is 3.54. The van der Waals surface area contributed by atoms with E-state index in [0.29, 0.717) is 0 Å². The predicted molar refractivity (Wildman–Crippen MR) is 57.9 cm³/mol. The van der Waals surface area contributed by atoms with Crippen LogP contribution in [-0.4, -0.2) is 11.9 Å². The number of nitrogens with two attached hydrogens (primary N) is 1. The van der Waals surface area contributed by atoms with Gasteiger partial charge in [0.1, 0.15) is 11.6 Å². The maximum atomic E-state index is 7.21. The molecular weight excluding hydrogens is 176 g/mol. The number of hydrogen-bond acceptors (Lipinski definition) is 2. The lowest BCUT2D eigenvalue weighted by atomic mass is 10.1. The highest BCUT2D eigenvalue weighted by Crippen LogP contribution is 2.17. The van der Waals surface area contributed by atoms with Crippen molar-refractivity contribution in [3.8, 4) is 5.75 Å². The zero-order valence-corrected chi connectivity index (χ0v) is 8.79. The van der Waals surface area contributed by atoms with Gasteiger partial charge in [-0.1, -0.05) is 6.07 Å². The van der Waals surface area contributed by atoms with Crippen LogP contribution in [-0.2, 0) is 0 Å². The Bertz CT molecular complexity index is 327. The van der Waals surface area contributed by atoms with E-state index in [2.05, 4.69) is 6.07 Å². The second kappa shape index (κ2) is 4.13. The van der Waals surface area contributed by atoms with Gasteiger partial charge in [0, 0.05) is 0 Å². The van der Waals surface area contributed by atoms with Crippen LogP contribution in [0.1, 0.15) is 18.1 Å². The largest absolute Gasteiger partial charge is 0.483 e. The van der Waals surface area contributed by atoms with Crippen LogP contribution in [0.4, 0.5) is 0 Å². The van der Waals surface area contributed by atoms with Crippen LogP contribution in [0.3, 0.4) is 0 Å². The van der Waals surface area contributed by atoms with Gasteiger partial charge in [0.2, 0.25) is 0 Å². The first-order chi connectivity index (χ1) is 6.49. The van der Waals surface area contributed by atoms with Gasteiger partial charge < -0.3 is 10.5 Å². The highest BCUT2D eigenvalue weighted by atomic mass is 16.5. The van der Waals surface area contributed by atoms with Crippen LogP contribution in [0, 0.1) is 19.3 Å². The Kier molecular flexibility index (Phi) is 3.12. The van der Waals surface area contributed by atoms with Crippen molar-refractivity contribution in [3.05, 3.63) is 29.3 Å².